The summed E-state index contributed by atoms with van der Waals surface area (Å²) in [4.78, 5) is 0. The average molecular weight is 502 g/mol. The Hall–Kier alpha value is -5.28. The molecule has 0 fully saturated rings. The van der Waals surface area contributed by atoms with Crippen LogP contribution in [0, 0.1) is 0 Å². The average Bonchev–Trinajstić information content (AvgIpc) is 3.55. The maximum absolute atomic E-state index is 6.35. The molecule has 0 saturated heterocycles. The van der Waals surface area contributed by atoms with Crippen LogP contribution in [0.1, 0.15) is 0 Å². The van der Waals surface area contributed by atoms with Gasteiger partial charge in [-0.15, -0.1) is 0 Å². The monoisotopic (exact) mass is 501 g/mol. The zero-order chi connectivity index (χ0) is 25.8. The van der Waals surface area contributed by atoms with E-state index in [0.29, 0.717) is 0 Å². The first-order valence-corrected chi connectivity index (χ1v) is 13.1. The van der Waals surface area contributed by atoms with Gasteiger partial charge in [0.15, 0.2) is 0 Å². The zero-order valence-corrected chi connectivity index (χ0v) is 21.0. The quantitative estimate of drug-likeness (QED) is 0.261. The van der Waals surface area contributed by atoms with Crippen molar-refractivity contribution in [1.29, 1.82) is 0 Å². The molecule has 0 bridgehead atoms. The van der Waals surface area contributed by atoms with E-state index in [1.165, 1.54) is 0 Å². The SMILES string of the molecule is c1ccc(-c2cccc3c2oc2ccc(-c4ccc(Nc5ccc6c(c5)oc5ccccc56)cc4)cc23)cc1. The second-order valence-corrected chi connectivity index (χ2v) is 9.87. The fraction of sp³-hybridized carbons (Fsp3) is 0. The number of para-hydroxylation sites is 2. The Morgan fingerprint density at radius 2 is 1.10 bits per heavy atom. The maximum Gasteiger partial charge on any atom is 0.143 e. The van der Waals surface area contributed by atoms with Gasteiger partial charge in [0.25, 0.3) is 0 Å². The lowest BCUT2D eigenvalue weighted by Crippen LogP contribution is -1.89. The highest BCUT2D eigenvalue weighted by Crippen LogP contribution is 2.38. The Labute approximate surface area is 224 Å². The second-order valence-electron chi connectivity index (χ2n) is 9.87. The molecule has 0 amide bonds. The van der Waals surface area contributed by atoms with Crippen molar-refractivity contribution in [2.24, 2.45) is 0 Å². The number of nitrogens with one attached hydrogen (secondary N) is 1. The molecular weight excluding hydrogens is 478 g/mol. The number of fused-ring (bicyclic) bond motifs is 6. The summed E-state index contributed by atoms with van der Waals surface area (Å²) in [6.45, 7) is 0. The summed E-state index contributed by atoms with van der Waals surface area (Å²) in [7, 11) is 0. The summed E-state index contributed by atoms with van der Waals surface area (Å²) in [6, 6.07) is 46.2. The van der Waals surface area contributed by atoms with Gasteiger partial charge in [0.1, 0.15) is 22.3 Å². The molecule has 6 aromatic carbocycles. The number of furan rings is 2. The molecule has 0 atom stereocenters. The van der Waals surface area contributed by atoms with Crippen LogP contribution in [0.3, 0.4) is 0 Å². The molecule has 2 heterocycles. The van der Waals surface area contributed by atoms with Gasteiger partial charge in [0, 0.05) is 44.5 Å². The maximum atomic E-state index is 6.35. The van der Waals surface area contributed by atoms with Gasteiger partial charge in [-0.1, -0.05) is 84.9 Å². The number of rotatable bonds is 4. The van der Waals surface area contributed by atoms with Crippen LogP contribution in [-0.2, 0) is 0 Å². The van der Waals surface area contributed by atoms with Gasteiger partial charge in [-0.3, -0.25) is 0 Å². The molecule has 0 radical (unpaired) electrons. The second kappa shape index (κ2) is 8.64. The van der Waals surface area contributed by atoms with Gasteiger partial charge in [-0.25, -0.2) is 0 Å². The molecular formula is C36H23NO2. The third kappa shape index (κ3) is 3.67. The standard InChI is InChI=1S/C36H23NO2/c1-2-7-24(8-3-1)28-10-6-11-31-32-21-25(15-20-34(32)39-36(28)31)23-13-16-26(17-14-23)37-27-18-19-30-29-9-4-5-12-33(29)38-35(30)22-27/h1-22,37H. The van der Waals surface area contributed by atoms with Crippen LogP contribution in [0.15, 0.2) is 142 Å². The van der Waals surface area contributed by atoms with Crippen LogP contribution in [-0.4, -0.2) is 0 Å². The zero-order valence-electron chi connectivity index (χ0n) is 21.0. The molecule has 0 unspecified atom stereocenters. The molecule has 184 valence electrons. The van der Waals surface area contributed by atoms with E-state index in [4.69, 9.17) is 8.83 Å². The summed E-state index contributed by atoms with van der Waals surface area (Å²) in [5.74, 6) is 0. The van der Waals surface area contributed by atoms with Gasteiger partial charge in [0.2, 0.25) is 0 Å². The van der Waals surface area contributed by atoms with E-state index >= 15 is 0 Å². The fourth-order valence-corrected chi connectivity index (χ4v) is 5.54. The van der Waals surface area contributed by atoms with Crippen molar-refractivity contribution >= 4 is 55.3 Å². The first-order valence-electron chi connectivity index (χ1n) is 13.1. The van der Waals surface area contributed by atoms with E-state index in [-0.39, 0.29) is 0 Å². The molecule has 0 aliphatic rings. The number of benzene rings is 6. The van der Waals surface area contributed by atoms with Crippen molar-refractivity contribution < 1.29 is 8.83 Å². The van der Waals surface area contributed by atoms with Crippen LogP contribution >= 0.6 is 0 Å². The summed E-state index contributed by atoms with van der Waals surface area (Å²) in [5.41, 5.74) is 10.2. The molecule has 3 nitrogen and oxygen atoms in total. The molecule has 2 aromatic heterocycles. The van der Waals surface area contributed by atoms with Crippen LogP contribution in [0.2, 0.25) is 0 Å². The highest BCUT2D eigenvalue weighted by Gasteiger charge is 2.13. The molecule has 0 aliphatic heterocycles. The minimum Gasteiger partial charge on any atom is -0.456 e. The molecule has 3 heteroatoms. The summed E-state index contributed by atoms with van der Waals surface area (Å²) < 4.78 is 12.4. The molecule has 8 aromatic rings. The molecule has 1 N–H and O–H groups in total. The van der Waals surface area contributed by atoms with Gasteiger partial charge in [0.05, 0.1) is 0 Å². The lowest BCUT2D eigenvalue weighted by Gasteiger charge is -2.08. The van der Waals surface area contributed by atoms with E-state index in [0.717, 1.165) is 77.5 Å². The third-order valence-electron chi connectivity index (χ3n) is 7.47. The van der Waals surface area contributed by atoms with E-state index in [1.54, 1.807) is 0 Å². The topological polar surface area (TPSA) is 38.3 Å². The van der Waals surface area contributed by atoms with Crippen molar-refractivity contribution in [2.75, 3.05) is 5.32 Å². The Morgan fingerprint density at radius 1 is 0.385 bits per heavy atom. The van der Waals surface area contributed by atoms with Crippen LogP contribution < -0.4 is 5.32 Å². The highest BCUT2D eigenvalue weighted by molar-refractivity contribution is 6.10. The largest absolute Gasteiger partial charge is 0.456 e. The van der Waals surface area contributed by atoms with Crippen LogP contribution in [0.25, 0.3) is 66.1 Å². The molecule has 0 aliphatic carbocycles. The van der Waals surface area contributed by atoms with Gasteiger partial charge >= 0.3 is 0 Å². The third-order valence-corrected chi connectivity index (χ3v) is 7.47. The van der Waals surface area contributed by atoms with Crippen molar-refractivity contribution in [2.45, 2.75) is 0 Å². The van der Waals surface area contributed by atoms with Gasteiger partial charge < -0.3 is 14.2 Å². The molecule has 0 saturated carbocycles. The first-order chi connectivity index (χ1) is 19.3. The predicted octanol–water partition coefficient (Wildman–Crippen LogP) is 10.6. The fourth-order valence-electron chi connectivity index (χ4n) is 5.54. The molecule has 0 spiro atoms. The lowest BCUT2D eigenvalue weighted by atomic mass is 10.00. The normalized spacial score (nSPS) is 11.6. The number of anilines is 2. The summed E-state index contributed by atoms with van der Waals surface area (Å²) in [6.07, 6.45) is 0. The van der Waals surface area contributed by atoms with E-state index in [9.17, 15) is 0 Å². The minimum atomic E-state index is 0.883. The highest BCUT2D eigenvalue weighted by atomic mass is 16.3. The van der Waals surface area contributed by atoms with Crippen molar-refractivity contribution in [3.8, 4) is 22.3 Å². The van der Waals surface area contributed by atoms with Gasteiger partial charge in [-0.05, 0) is 59.2 Å². The Balaban J connectivity index is 1.11. The van der Waals surface area contributed by atoms with Crippen LogP contribution in [0.5, 0.6) is 0 Å². The van der Waals surface area contributed by atoms with Crippen LogP contribution in [0.4, 0.5) is 11.4 Å². The van der Waals surface area contributed by atoms with Crippen molar-refractivity contribution in [3.05, 3.63) is 133 Å². The Morgan fingerprint density at radius 3 is 2.00 bits per heavy atom. The predicted molar refractivity (Wildman–Crippen MR) is 162 cm³/mol. The van der Waals surface area contributed by atoms with Crippen molar-refractivity contribution in [3.63, 3.8) is 0 Å². The molecule has 39 heavy (non-hydrogen) atoms. The number of hydrogen-bond donors (Lipinski definition) is 1. The summed E-state index contributed by atoms with van der Waals surface area (Å²) in [5, 5.41) is 8.04. The van der Waals surface area contributed by atoms with E-state index in [1.807, 2.05) is 24.3 Å². The Kier molecular flexibility index (Phi) is 4.82. The van der Waals surface area contributed by atoms with E-state index < -0.39 is 0 Å². The lowest BCUT2D eigenvalue weighted by molar-refractivity contribution is 0.669. The summed E-state index contributed by atoms with van der Waals surface area (Å²) >= 11 is 0. The minimum absolute atomic E-state index is 0.883. The van der Waals surface area contributed by atoms with Crippen molar-refractivity contribution in [1.82, 2.24) is 0 Å². The number of hydrogen-bond acceptors (Lipinski definition) is 3. The molecule has 8 rings (SSSR count). The first kappa shape index (κ1) is 21.8. The van der Waals surface area contributed by atoms with Gasteiger partial charge in [-0.2, -0.15) is 0 Å². The van der Waals surface area contributed by atoms with E-state index in [2.05, 4.69) is 115 Å². The smallest absolute Gasteiger partial charge is 0.143 e. The Bertz CT molecular complexity index is 2130.